The van der Waals surface area contributed by atoms with E-state index in [0.717, 1.165) is 12.8 Å². The lowest BCUT2D eigenvalue weighted by atomic mass is 9.72. The van der Waals surface area contributed by atoms with Crippen LogP contribution in [0.25, 0.3) is 0 Å². The molecule has 0 radical (unpaired) electrons. The van der Waals surface area contributed by atoms with Gasteiger partial charge < -0.3 is 19.3 Å². The number of ether oxygens (including phenoxy) is 3. The van der Waals surface area contributed by atoms with E-state index < -0.39 is 5.97 Å². The molecule has 0 spiro atoms. The molecule has 1 fully saturated rings. The molecule has 0 aromatic carbocycles. The maximum Gasteiger partial charge on any atom is 0.303 e. The molecule has 1 saturated carbocycles. The third kappa shape index (κ3) is 7.72. The summed E-state index contributed by atoms with van der Waals surface area (Å²) in [5.74, 6) is -1.26. The van der Waals surface area contributed by atoms with E-state index in [1.165, 1.54) is 13.8 Å². The monoisotopic (exact) mass is 372 g/mol. The zero-order valence-corrected chi connectivity index (χ0v) is 16.2. The van der Waals surface area contributed by atoms with Crippen molar-refractivity contribution in [3.63, 3.8) is 0 Å². The molecule has 7 nitrogen and oxygen atoms in total. The van der Waals surface area contributed by atoms with Gasteiger partial charge in [0.05, 0.1) is 12.7 Å². The summed E-state index contributed by atoms with van der Waals surface area (Å²) in [6, 6.07) is 0. The zero-order valence-electron chi connectivity index (χ0n) is 16.2. The Bertz CT molecular complexity index is 477. The van der Waals surface area contributed by atoms with E-state index in [4.69, 9.17) is 19.3 Å². The third-order valence-corrected chi connectivity index (χ3v) is 5.10. The lowest BCUT2D eigenvalue weighted by Crippen LogP contribution is -2.48. The average Bonchev–Trinajstić information content (AvgIpc) is 2.55. The normalized spacial score (nSPS) is 28.4. The number of carbonyl (C=O) groups excluding carboxylic acids is 2. The molecule has 5 atom stereocenters. The fourth-order valence-corrected chi connectivity index (χ4v) is 3.51. The van der Waals surface area contributed by atoms with Crippen molar-refractivity contribution >= 4 is 17.9 Å². The summed E-state index contributed by atoms with van der Waals surface area (Å²) in [7, 11) is 0. The fraction of sp³-hybridized carbons (Fsp3) is 0.842. The topological polar surface area (TPSA) is 99.1 Å². The molecular formula is C19H32O7. The van der Waals surface area contributed by atoms with Crippen LogP contribution in [-0.2, 0) is 28.6 Å². The minimum absolute atomic E-state index is 0.00293. The quantitative estimate of drug-likeness (QED) is 0.465. The van der Waals surface area contributed by atoms with Crippen molar-refractivity contribution in [2.45, 2.75) is 72.0 Å². The third-order valence-electron chi connectivity index (χ3n) is 5.10. The fourth-order valence-electron chi connectivity index (χ4n) is 3.51. The van der Waals surface area contributed by atoms with Gasteiger partial charge in [0.25, 0.3) is 0 Å². The molecule has 0 saturated heterocycles. The van der Waals surface area contributed by atoms with E-state index in [1.807, 2.05) is 6.92 Å². The Morgan fingerprint density at radius 1 is 1.00 bits per heavy atom. The van der Waals surface area contributed by atoms with Crippen LogP contribution in [0.15, 0.2) is 0 Å². The molecule has 0 aromatic rings. The molecule has 0 amide bonds. The van der Waals surface area contributed by atoms with Gasteiger partial charge >= 0.3 is 17.9 Å². The summed E-state index contributed by atoms with van der Waals surface area (Å²) in [6.45, 7) is 7.64. The van der Waals surface area contributed by atoms with Crippen LogP contribution in [0.5, 0.6) is 0 Å². The van der Waals surface area contributed by atoms with E-state index in [2.05, 4.69) is 6.92 Å². The summed E-state index contributed by atoms with van der Waals surface area (Å²) in [5, 5.41) is 8.64. The van der Waals surface area contributed by atoms with Gasteiger partial charge in [0, 0.05) is 32.8 Å². The first kappa shape index (κ1) is 22.4. The van der Waals surface area contributed by atoms with Gasteiger partial charge in [-0.2, -0.15) is 0 Å². The van der Waals surface area contributed by atoms with Crippen LogP contribution in [-0.4, -0.2) is 48.4 Å². The summed E-state index contributed by atoms with van der Waals surface area (Å²) >= 11 is 0. The minimum Gasteiger partial charge on any atom is -0.481 e. The van der Waals surface area contributed by atoms with E-state index >= 15 is 0 Å². The molecule has 1 aliphatic carbocycles. The number of esters is 2. The molecule has 1 rings (SSSR count). The number of aliphatic carboxylic acids is 1. The molecule has 1 N–H and O–H groups in total. The maximum atomic E-state index is 11.4. The molecule has 0 aliphatic heterocycles. The number of rotatable bonds is 10. The number of hydrogen-bond donors (Lipinski definition) is 1. The number of unbranched alkanes of at least 4 members (excludes halogenated alkanes) is 2. The first-order valence-electron chi connectivity index (χ1n) is 9.36. The van der Waals surface area contributed by atoms with Crippen LogP contribution in [0, 0.1) is 17.8 Å². The van der Waals surface area contributed by atoms with E-state index in [9.17, 15) is 14.4 Å². The number of hydrogen-bond acceptors (Lipinski definition) is 6. The van der Waals surface area contributed by atoms with Gasteiger partial charge in [-0.25, -0.2) is 0 Å². The first-order valence-corrected chi connectivity index (χ1v) is 9.36. The second kappa shape index (κ2) is 11.2. The highest BCUT2D eigenvalue weighted by molar-refractivity contribution is 5.67. The predicted molar refractivity (Wildman–Crippen MR) is 94.5 cm³/mol. The lowest BCUT2D eigenvalue weighted by Gasteiger charge is -2.43. The Balaban J connectivity index is 2.57. The SMILES string of the molecule is CC(=O)OCC1CC(OCCCCCC(=O)O)C(C)C(C)C1OC(C)=O. The van der Waals surface area contributed by atoms with Crippen molar-refractivity contribution < 1.29 is 33.7 Å². The highest BCUT2D eigenvalue weighted by Gasteiger charge is 2.43. The Labute approximate surface area is 155 Å². The predicted octanol–water partition coefficient (Wildman–Crippen LogP) is 2.80. The number of carboxylic acids is 1. The van der Waals surface area contributed by atoms with Crippen molar-refractivity contribution in [3.05, 3.63) is 0 Å². The van der Waals surface area contributed by atoms with Crippen molar-refractivity contribution in [1.29, 1.82) is 0 Å². The lowest BCUT2D eigenvalue weighted by molar-refractivity contribution is -0.170. The van der Waals surface area contributed by atoms with Gasteiger partial charge in [0.2, 0.25) is 0 Å². The van der Waals surface area contributed by atoms with Crippen LogP contribution >= 0.6 is 0 Å². The van der Waals surface area contributed by atoms with Gasteiger partial charge in [-0.15, -0.1) is 0 Å². The van der Waals surface area contributed by atoms with Crippen molar-refractivity contribution in [2.75, 3.05) is 13.2 Å². The highest BCUT2D eigenvalue weighted by atomic mass is 16.6. The zero-order chi connectivity index (χ0) is 19.7. The molecule has 26 heavy (non-hydrogen) atoms. The molecule has 5 unspecified atom stereocenters. The van der Waals surface area contributed by atoms with Crippen molar-refractivity contribution in [2.24, 2.45) is 17.8 Å². The molecule has 1 aliphatic rings. The number of carbonyl (C=O) groups is 3. The van der Waals surface area contributed by atoms with Crippen LogP contribution in [0.1, 0.15) is 59.8 Å². The highest BCUT2D eigenvalue weighted by Crippen LogP contribution is 2.38. The molecule has 150 valence electrons. The van der Waals surface area contributed by atoms with Crippen molar-refractivity contribution in [3.8, 4) is 0 Å². The van der Waals surface area contributed by atoms with Gasteiger partial charge in [-0.1, -0.05) is 20.3 Å². The van der Waals surface area contributed by atoms with Crippen LogP contribution < -0.4 is 0 Å². The first-order chi connectivity index (χ1) is 12.2. The largest absolute Gasteiger partial charge is 0.481 e. The second-order valence-corrected chi connectivity index (χ2v) is 7.20. The molecular weight excluding hydrogens is 340 g/mol. The van der Waals surface area contributed by atoms with Gasteiger partial charge in [0.15, 0.2) is 0 Å². The molecule has 0 bridgehead atoms. The molecule has 0 aromatic heterocycles. The van der Waals surface area contributed by atoms with E-state index in [0.29, 0.717) is 19.4 Å². The van der Waals surface area contributed by atoms with E-state index in [-0.39, 0.29) is 54.9 Å². The second-order valence-electron chi connectivity index (χ2n) is 7.20. The maximum absolute atomic E-state index is 11.4. The number of carboxylic acid groups (broad SMARTS) is 1. The standard InChI is InChI=1S/C19H32O7/c1-12-13(2)19(26-15(4)21)16(11-25-14(3)20)10-17(12)24-9-7-5-6-8-18(22)23/h12-13,16-17,19H,5-11H2,1-4H3,(H,22,23). The van der Waals surface area contributed by atoms with Crippen LogP contribution in [0.4, 0.5) is 0 Å². The smallest absolute Gasteiger partial charge is 0.303 e. The summed E-state index contributed by atoms with van der Waals surface area (Å²) in [4.78, 5) is 33.1. The molecule has 0 heterocycles. The van der Waals surface area contributed by atoms with Gasteiger partial charge in [-0.3, -0.25) is 14.4 Å². The van der Waals surface area contributed by atoms with Crippen LogP contribution in [0.3, 0.4) is 0 Å². The summed E-state index contributed by atoms with van der Waals surface area (Å²) < 4.78 is 16.7. The van der Waals surface area contributed by atoms with Gasteiger partial charge in [0.1, 0.15) is 6.10 Å². The van der Waals surface area contributed by atoms with E-state index in [1.54, 1.807) is 0 Å². The Hall–Kier alpha value is -1.63. The Kier molecular flexibility index (Phi) is 9.62. The Morgan fingerprint density at radius 3 is 2.27 bits per heavy atom. The summed E-state index contributed by atoms with van der Waals surface area (Å²) in [6.07, 6.45) is 2.83. The summed E-state index contributed by atoms with van der Waals surface area (Å²) in [5.41, 5.74) is 0. The minimum atomic E-state index is -0.773. The molecule has 7 heteroatoms. The average molecular weight is 372 g/mol. The van der Waals surface area contributed by atoms with Crippen molar-refractivity contribution in [1.82, 2.24) is 0 Å². The van der Waals surface area contributed by atoms with Gasteiger partial charge in [-0.05, 0) is 31.1 Å². The van der Waals surface area contributed by atoms with Crippen LogP contribution in [0.2, 0.25) is 0 Å². The Morgan fingerprint density at radius 2 is 1.69 bits per heavy atom.